The Morgan fingerprint density at radius 1 is 1.44 bits per heavy atom. The fourth-order valence-electron chi connectivity index (χ4n) is 1.52. The second-order valence-electron chi connectivity index (χ2n) is 4.59. The summed E-state index contributed by atoms with van der Waals surface area (Å²) in [6.07, 6.45) is 5.07. The summed E-state index contributed by atoms with van der Waals surface area (Å²) < 4.78 is 1.01. The van der Waals surface area contributed by atoms with Crippen LogP contribution < -0.4 is 5.32 Å². The molecule has 1 aromatic heterocycles. The molecule has 0 spiro atoms. The molecule has 2 N–H and O–H groups in total. The molecule has 0 saturated heterocycles. The monoisotopic (exact) mass is 332 g/mol. The first kappa shape index (κ1) is 16.0. The Kier molecular flexibility index (Phi) is 7.22. The van der Waals surface area contributed by atoms with E-state index in [0.29, 0.717) is 0 Å². The maximum atomic E-state index is 9.26. The Labute approximate surface area is 122 Å². The van der Waals surface area contributed by atoms with Crippen LogP contribution in [-0.2, 0) is 0 Å². The Morgan fingerprint density at radius 3 is 2.78 bits per heavy atom. The van der Waals surface area contributed by atoms with E-state index in [9.17, 15) is 5.11 Å². The third-order valence-corrected chi connectivity index (χ3v) is 4.52. The van der Waals surface area contributed by atoms with Gasteiger partial charge in [0.05, 0.1) is 11.6 Å². The third-order valence-electron chi connectivity index (χ3n) is 3.03. The summed E-state index contributed by atoms with van der Waals surface area (Å²) in [4.78, 5) is 4.32. The Morgan fingerprint density at radius 2 is 2.22 bits per heavy atom. The highest BCUT2D eigenvalue weighted by molar-refractivity contribution is 9.10. The van der Waals surface area contributed by atoms with Crippen LogP contribution in [0.15, 0.2) is 27.8 Å². The molecule has 0 aromatic carbocycles. The number of pyridine rings is 1. The van der Waals surface area contributed by atoms with E-state index in [1.807, 2.05) is 25.4 Å². The summed E-state index contributed by atoms with van der Waals surface area (Å²) >= 11 is 5.15. The van der Waals surface area contributed by atoms with Gasteiger partial charge in [0.25, 0.3) is 0 Å². The van der Waals surface area contributed by atoms with Crippen LogP contribution in [-0.4, -0.2) is 35.0 Å². The maximum Gasteiger partial charge on any atom is 0.0960 e. The molecule has 0 amide bonds. The molecule has 0 aliphatic rings. The van der Waals surface area contributed by atoms with Crippen LogP contribution in [0.4, 0.5) is 0 Å². The van der Waals surface area contributed by atoms with Gasteiger partial charge in [-0.2, -0.15) is 0 Å². The van der Waals surface area contributed by atoms with Gasteiger partial charge < -0.3 is 10.4 Å². The number of rotatable bonds is 8. The van der Waals surface area contributed by atoms with Crippen molar-refractivity contribution in [2.45, 2.75) is 36.8 Å². The van der Waals surface area contributed by atoms with E-state index >= 15 is 0 Å². The van der Waals surface area contributed by atoms with Gasteiger partial charge in [0.15, 0.2) is 0 Å². The van der Waals surface area contributed by atoms with Crippen LogP contribution in [0.3, 0.4) is 0 Å². The largest absolute Gasteiger partial charge is 0.394 e. The highest BCUT2D eigenvalue weighted by Gasteiger charge is 2.19. The Hall–Kier alpha value is -0.100. The number of nitrogens with zero attached hydrogens (tertiary/aromatic N) is 1. The zero-order valence-corrected chi connectivity index (χ0v) is 13.4. The van der Waals surface area contributed by atoms with Crippen LogP contribution in [0.5, 0.6) is 0 Å². The smallest absolute Gasteiger partial charge is 0.0960 e. The molecule has 5 heteroatoms. The molecule has 0 saturated carbocycles. The van der Waals surface area contributed by atoms with Gasteiger partial charge in [0.1, 0.15) is 0 Å². The van der Waals surface area contributed by atoms with Crippen LogP contribution in [0.1, 0.15) is 26.2 Å². The number of nitrogens with one attached hydrogen (secondary N) is 1. The number of aliphatic hydroxyl groups excluding tert-OH is 1. The predicted octanol–water partition coefficient (Wildman–Crippen LogP) is 3.08. The lowest BCUT2D eigenvalue weighted by molar-refractivity contribution is 0.171. The predicted molar refractivity (Wildman–Crippen MR) is 81.1 cm³/mol. The first-order valence-electron chi connectivity index (χ1n) is 6.14. The van der Waals surface area contributed by atoms with Crippen LogP contribution >= 0.6 is 27.7 Å². The second kappa shape index (κ2) is 8.15. The van der Waals surface area contributed by atoms with Crippen molar-refractivity contribution in [1.82, 2.24) is 10.3 Å². The van der Waals surface area contributed by atoms with Gasteiger partial charge in [-0.05, 0) is 60.6 Å². The van der Waals surface area contributed by atoms with Crippen molar-refractivity contribution < 1.29 is 5.11 Å². The number of hydrogen-bond acceptors (Lipinski definition) is 4. The van der Waals surface area contributed by atoms with Gasteiger partial charge >= 0.3 is 0 Å². The molecule has 1 heterocycles. The summed E-state index contributed by atoms with van der Waals surface area (Å²) in [6, 6.07) is 4.04. The molecule has 1 atom stereocenters. The molecule has 0 aliphatic heterocycles. The van der Waals surface area contributed by atoms with Crippen LogP contribution in [0, 0.1) is 0 Å². The SMILES string of the molecule is CNC(C)(CO)CCCCSc1ccc(Br)cn1. The van der Waals surface area contributed by atoms with Crippen molar-refractivity contribution in [3.05, 3.63) is 22.8 Å². The zero-order valence-electron chi connectivity index (χ0n) is 10.9. The maximum absolute atomic E-state index is 9.26. The van der Waals surface area contributed by atoms with Crippen molar-refractivity contribution in [3.63, 3.8) is 0 Å². The number of likely N-dealkylation sites (N-methyl/N-ethyl adjacent to an activating group) is 1. The molecule has 1 unspecified atom stereocenters. The fourth-order valence-corrected chi connectivity index (χ4v) is 2.61. The summed E-state index contributed by atoms with van der Waals surface area (Å²) in [5, 5.41) is 13.5. The number of unbranched alkanes of at least 4 members (excludes halogenated alkanes) is 1. The molecule has 1 aromatic rings. The average molecular weight is 333 g/mol. The standard InChI is InChI=1S/C13H21BrN2OS/c1-13(10-17,15-2)7-3-4-8-18-12-6-5-11(14)9-16-12/h5-6,9,15,17H,3-4,7-8,10H2,1-2H3. The van der Waals surface area contributed by atoms with E-state index in [2.05, 4.69) is 33.2 Å². The Bertz CT molecular complexity index is 341. The number of aliphatic hydroxyl groups is 1. The molecule has 0 bridgehead atoms. The minimum absolute atomic E-state index is 0.138. The minimum atomic E-state index is -0.138. The lowest BCUT2D eigenvalue weighted by Gasteiger charge is -2.26. The summed E-state index contributed by atoms with van der Waals surface area (Å²) in [5.74, 6) is 1.07. The molecular weight excluding hydrogens is 312 g/mol. The van der Waals surface area contributed by atoms with Crippen molar-refractivity contribution in [3.8, 4) is 0 Å². The van der Waals surface area contributed by atoms with Gasteiger partial charge in [0.2, 0.25) is 0 Å². The second-order valence-corrected chi connectivity index (χ2v) is 6.62. The quantitative estimate of drug-likeness (QED) is 0.567. The van der Waals surface area contributed by atoms with Crippen molar-refractivity contribution in [2.24, 2.45) is 0 Å². The van der Waals surface area contributed by atoms with E-state index in [4.69, 9.17) is 0 Å². The highest BCUT2D eigenvalue weighted by Crippen LogP contribution is 2.20. The molecular formula is C13H21BrN2OS. The van der Waals surface area contributed by atoms with E-state index in [1.165, 1.54) is 0 Å². The van der Waals surface area contributed by atoms with Crippen molar-refractivity contribution in [2.75, 3.05) is 19.4 Å². The van der Waals surface area contributed by atoms with E-state index in [1.54, 1.807) is 11.8 Å². The van der Waals surface area contributed by atoms with Crippen molar-refractivity contribution >= 4 is 27.7 Å². The van der Waals surface area contributed by atoms with E-state index < -0.39 is 0 Å². The zero-order chi connectivity index (χ0) is 13.4. The van der Waals surface area contributed by atoms with Crippen molar-refractivity contribution in [1.29, 1.82) is 0 Å². The number of halogens is 1. The number of aromatic nitrogens is 1. The number of hydrogen-bond donors (Lipinski definition) is 2. The van der Waals surface area contributed by atoms with Gasteiger partial charge in [-0.3, -0.25) is 0 Å². The van der Waals surface area contributed by atoms with Gasteiger partial charge in [0, 0.05) is 16.2 Å². The van der Waals surface area contributed by atoms with Gasteiger partial charge in [-0.1, -0.05) is 6.42 Å². The highest BCUT2D eigenvalue weighted by atomic mass is 79.9. The first-order valence-corrected chi connectivity index (χ1v) is 7.91. The van der Waals surface area contributed by atoms with Crippen LogP contribution in [0.25, 0.3) is 0 Å². The number of thioether (sulfide) groups is 1. The van der Waals surface area contributed by atoms with Gasteiger partial charge in [-0.15, -0.1) is 11.8 Å². The fraction of sp³-hybridized carbons (Fsp3) is 0.615. The molecule has 0 aliphatic carbocycles. The normalized spacial score (nSPS) is 14.4. The van der Waals surface area contributed by atoms with Gasteiger partial charge in [-0.25, -0.2) is 4.98 Å². The summed E-state index contributed by atoms with van der Waals surface area (Å²) in [7, 11) is 1.90. The third kappa shape index (κ3) is 5.69. The first-order chi connectivity index (χ1) is 8.59. The van der Waals surface area contributed by atoms with E-state index in [-0.39, 0.29) is 12.1 Å². The Balaban J connectivity index is 2.17. The topological polar surface area (TPSA) is 45.1 Å². The van der Waals surface area contributed by atoms with E-state index in [0.717, 1.165) is 34.5 Å². The summed E-state index contributed by atoms with van der Waals surface area (Å²) in [6.45, 7) is 2.24. The lowest BCUT2D eigenvalue weighted by Crippen LogP contribution is -2.43. The summed E-state index contributed by atoms with van der Waals surface area (Å²) in [5.41, 5.74) is -0.138. The van der Waals surface area contributed by atoms with Crippen LogP contribution in [0.2, 0.25) is 0 Å². The lowest BCUT2D eigenvalue weighted by atomic mass is 9.96. The molecule has 0 radical (unpaired) electrons. The molecule has 1 rings (SSSR count). The average Bonchev–Trinajstić information content (AvgIpc) is 2.40. The molecule has 102 valence electrons. The molecule has 18 heavy (non-hydrogen) atoms. The molecule has 3 nitrogen and oxygen atoms in total. The minimum Gasteiger partial charge on any atom is -0.394 e. The molecule has 0 fully saturated rings.